The van der Waals surface area contributed by atoms with Gasteiger partial charge in [-0.2, -0.15) is 0 Å². The van der Waals surface area contributed by atoms with Crippen molar-refractivity contribution >= 4 is 23.3 Å². The lowest BCUT2D eigenvalue weighted by Gasteiger charge is -2.22. The Kier molecular flexibility index (Phi) is 7.93. The summed E-state index contributed by atoms with van der Waals surface area (Å²) in [4.78, 5) is 21.8. The van der Waals surface area contributed by atoms with E-state index in [1.807, 2.05) is 6.92 Å². The van der Waals surface area contributed by atoms with Crippen molar-refractivity contribution in [3.05, 3.63) is 76.1 Å². The van der Waals surface area contributed by atoms with Crippen LogP contribution in [0, 0.1) is 11.6 Å². The van der Waals surface area contributed by atoms with Crippen molar-refractivity contribution in [3.63, 3.8) is 0 Å². The molecule has 3 aromatic rings. The van der Waals surface area contributed by atoms with Crippen molar-refractivity contribution in [1.29, 1.82) is 0 Å². The number of rotatable bonds is 7. The lowest BCUT2D eigenvalue weighted by atomic mass is 9.96. The molecule has 35 heavy (non-hydrogen) atoms. The van der Waals surface area contributed by atoms with Crippen LogP contribution in [0.15, 0.2) is 42.6 Å². The first kappa shape index (κ1) is 25.0. The molecule has 0 unspecified atom stereocenters. The number of aromatic nitrogens is 2. The number of nitrogen functional groups attached to an aromatic ring is 1. The van der Waals surface area contributed by atoms with Crippen molar-refractivity contribution in [2.45, 2.75) is 44.6 Å². The smallest absolute Gasteiger partial charge is 0.254 e. The monoisotopic (exact) mass is 500 g/mol. The van der Waals surface area contributed by atoms with Crippen molar-refractivity contribution in [2.75, 3.05) is 18.9 Å². The van der Waals surface area contributed by atoms with E-state index in [-0.39, 0.29) is 22.3 Å². The molecule has 1 aliphatic rings. The second-order valence-electron chi connectivity index (χ2n) is 8.63. The Bertz CT molecular complexity index is 1200. The van der Waals surface area contributed by atoms with E-state index in [4.69, 9.17) is 22.1 Å². The second-order valence-corrected chi connectivity index (χ2v) is 9.06. The van der Waals surface area contributed by atoms with Gasteiger partial charge in [-0.25, -0.2) is 18.7 Å². The Labute approximate surface area is 207 Å². The lowest BCUT2D eigenvalue weighted by molar-refractivity contribution is 0.0844. The minimum absolute atomic E-state index is 0.135. The van der Waals surface area contributed by atoms with E-state index in [1.165, 1.54) is 24.3 Å². The maximum absolute atomic E-state index is 15.1. The highest BCUT2D eigenvalue weighted by atomic mass is 35.5. The van der Waals surface area contributed by atoms with Crippen molar-refractivity contribution < 1.29 is 18.3 Å². The maximum Gasteiger partial charge on any atom is 0.254 e. The van der Waals surface area contributed by atoms with Gasteiger partial charge in [-0.05, 0) is 55.2 Å². The number of nitrogens with zero attached hydrogens (tertiary/aromatic N) is 2. The zero-order chi connectivity index (χ0) is 24.9. The van der Waals surface area contributed by atoms with Crippen molar-refractivity contribution in [3.8, 4) is 11.3 Å². The summed E-state index contributed by atoms with van der Waals surface area (Å²) in [6.07, 6.45) is 4.58. The predicted molar refractivity (Wildman–Crippen MR) is 131 cm³/mol. The Morgan fingerprint density at radius 3 is 2.69 bits per heavy atom. The molecular weight excluding hydrogens is 474 g/mol. The normalized spacial score (nSPS) is 15.1. The molecule has 0 radical (unpaired) electrons. The topological polar surface area (TPSA) is 90.1 Å². The zero-order valence-corrected chi connectivity index (χ0v) is 20.1. The molecule has 1 fully saturated rings. The molecule has 9 heteroatoms. The molecule has 1 aliphatic heterocycles. The molecular formula is C26H27ClF2N4O2. The Morgan fingerprint density at radius 2 is 2.00 bits per heavy atom. The molecule has 6 nitrogen and oxygen atoms in total. The molecule has 184 valence electrons. The molecule has 1 amide bonds. The summed E-state index contributed by atoms with van der Waals surface area (Å²) in [6, 6.07) is 7.81. The third-order valence-corrected chi connectivity index (χ3v) is 6.33. The van der Waals surface area contributed by atoms with E-state index >= 15 is 4.39 Å². The summed E-state index contributed by atoms with van der Waals surface area (Å²) in [5, 5.41) is 3.03. The Balaban J connectivity index is 1.57. The molecule has 2 heterocycles. The summed E-state index contributed by atoms with van der Waals surface area (Å²) in [5.41, 5.74) is 8.03. The average Bonchev–Trinajstić information content (AvgIpc) is 2.84. The van der Waals surface area contributed by atoms with Gasteiger partial charge in [-0.15, -0.1) is 0 Å². The fourth-order valence-electron chi connectivity index (χ4n) is 4.28. The van der Waals surface area contributed by atoms with Crippen LogP contribution in [0.25, 0.3) is 11.3 Å². The first-order valence-electron chi connectivity index (χ1n) is 11.6. The lowest BCUT2D eigenvalue weighted by Crippen LogP contribution is -2.29. The summed E-state index contributed by atoms with van der Waals surface area (Å²) >= 11 is 5.98. The average molecular weight is 501 g/mol. The van der Waals surface area contributed by atoms with E-state index in [0.717, 1.165) is 25.0 Å². The summed E-state index contributed by atoms with van der Waals surface area (Å²) in [6.45, 7) is 3.26. The van der Waals surface area contributed by atoms with Gasteiger partial charge in [-0.3, -0.25) is 4.79 Å². The molecule has 4 rings (SSSR count). The fourth-order valence-corrected chi connectivity index (χ4v) is 4.51. The summed E-state index contributed by atoms with van der Waals surface area (Å²) in [7, 11) is 0. The Morgan fingerprint density at radius 1 is 1.23 bits per heavy atom. The SMILES string of the molecule is CCC[C@@H](NC(=O)c1ccc(-c2nc(C3CCOCC3)cnc2N)cc1F)c1cc(F)cc(Cl)c1. The summed E-state index contributed by atoms with van der Waals surface area (Å²) in [5.74, 6) is -1.44. The van der Waals surface area contributed by atoms with Crippen LogP contribution in [0.4, 0.5) is 14.6 Å². The number of benzene rings is 2. The van der Waals surface area contributed by atoms with E-state index < -0.39 is 23.6 Å². The van der Waals surface area contributed by atoms with Crippen LogP contribution in [0.3, 0.4) is 0 Å². The zero-order valence-electron chi connectivity index (χ0n) is 19.4. The molecule has 0 spiro atoms. The van der Waals surface area contributed by atoms with Gasteiger partial charge in [0.2, 0.25) is 0 Å². The van der Waals surface area contributed by atoms with Gasteiger partial charge in [-0.1, -0.05) is 31.0 Å². The number of carbonyl (C=O) groups excluding carboxylic acids is 1. The van der Waals surface area contributed by atoms with Crippen LogP contribution >= 0.6 is 11.6 Å². The molecule has 1 atom stereocenters. The largest absolute Gasteiger partial charge is 0.382 e. The number of hydrogen-bond donors (Lipinski definition) is 2. The minimum Gasteiger partial charge on any atom is -0.382 e. The Hall–Kier alpha value is -3.10. The molecule has 0 aliphatic carbocycles. The van der Waals surface area contributed by atoms with Gasteiger partial charge in [0.15, 0.2) is 0 Å². The third kappa shape index (κ3) is 5.94. The standard InChI is InChI=1S/C26H27ClF2N4O2/c1-2-3-22(17-10-18(27)13-19(28)11-17)33-26(34)20-5-4-16(12-21(20)29)24-25(30)31-14-23(32-24)15-6-8-35-9-7-15/h4-5,10-15,22H,2-3,6-9H2,1H3,(H2,30,31)(H,33,34)/t22-/m1/s1. The van der Waals surface area contributed by atoms with Gasteiger partial charge in [0.05, 0.1) is 23.5 Å². The van der Waals surface area contributed by atoms with Gasteiger partial charge in [0, 0.05) is 29.7 Å². The highest BCUT2D eigenvalue weighted by Crippen LogP contribution is 2.30. The third-order valence-electron chi connectivity index (χ3n) is 6.12. The fraction of sp³-hybridized carbons (Fsp3) is 0.346. The molecule has 0 saturated carbocycles. The number of hydrogen-bond acceptors (Lipinski definition) is 5. The van der Waals surface area contributed by atoms with E-state index in [9.17, 15) is 9.18 Å². The van der Waals surface area contributed by atoms with E-state index in [0.29, 0.717) is 36.5 Å². The number of halogens is 3. The molecule has 1 aromatic heterocycles. The predicted octanol–water partition coefficient (Wildman–Crippen LogP) is 5.82. The molecule has 0 bridgehead atoms. The number of nitrogens with two attached hydrogens (primary N) is 1. The van der Waals surface area contributed by atoms with Crippen LogP contribution in [-0.2, 0) is 4.74 Å². The summed E-state index contributed by atoms with van der Waals surface area (Å²) < 4.78 is 34.4. The molecule has 2 aromatic carbocycles. The minimum atomic E-state index is -0.717. The van der Waals surface area contributed by atoms with Crippen LogP contribution < -0.4 is 11.1 Å². The maximum atomic E-state index is 15.1. The van der Waals surface area contributed by atoms with Crippen LogP contribution in [-0.4, -0.2) is 29.1 Å². The second kappa shape index (κ2) is 11.1. The van der Waals surface area contributed by atoms with Crippen LogP contribution in [0.2, 0.25) is 5.02 Å². The number of carbonyl (C=O) groups is 1. The first-order valence-corrected chi connectivity index (χ1v) is 12.0. The highest BCUT2D eigenvalue weighted by molar-refractivity contribution is 6.30. The van der Waals surface area contributed by atoms with Crippen molar-refractivity contribution in [1.82, 2.24) is 15.3 Å². The number of nitrogens with one attached hydrogen (secondary N) is 1. The molecule has 1 saturated heterocycles. The number of ether oxygens (including phenoxy) is 1. The molecule has 3 N–H and O–H groups in total. The van der Waals surface area contributed by atoms with Gasteiger partial charge in [0.1, 0.15) is 23.1 Å². The van der Waals surface area contributed by atoms with Crippen LogP contribution in [0.5, 0.6) is 0 Å². The van der Waals surface area contributed by atoms with Gasteiger partial charge in [0.25, 0.3) is 5.91 Å². The first-order chi connectivity index (χ1) is 16.9. The van der Waals surface area contributed by atoms with Crippen LogP contribution in [0.1, 0.15) is 66.2 Å². The number of amides is 1. The van der Waals surface area contributed by atoms with Crippen molar-refractivity contribution in [2.24, 2.45) is 0 Å². The highest BCUT2D eigenvalue weighted by Gasteiger charge is 2.22. The number of anilines is 1. The van der Waals surface area contributed by atoms with E-state index in [2.05, 4.69) is 15.3 Å². The quantitative estimate of drug-likeness (QED) is 0.426. The van der Waals surface area contributed by atoms with Gasteiger partial charge < -0.3 is 15.8 Å². The van der Waals surface area contributed by atoms with Gasteiger partial charge >= 0.3 is 0 Å². The van der Waals surface area contributed by atoms with E-state index in [1.54, 1.807) is 18.3 Å².